The zero-order chi connectivity index (χ0) is 17.8. The lowest BCUT2D eigenvalue weighted by Crippen LogP contribution is -2.45. The van der Waals surface area contributed by atoms with Crippen LogP contribution in [0.4, 0.5) is 0 Å². The van der Waals surface area contributed by atoms with Crippen molar-refractivity contribution >= 4 is 14.0 Å². The molecular weight excluding hydrogens is 312 g/mol. The largest absolute Gasteiger partial charge is 0.477 e. The summed E-state index contributed by atoms with van der Waals surface area (Å²) in [5.41, 5.74) is -0.0354. The highest BCUT2D eigenvalue weighted by molar-refractivity contribution is 6.80. The molecule has 1 heterocycles. The Hall–Kier alpha value is -1.34. The van der Waals surface area contributed by atoms with Crippen molar-refractivity contribution < 1.29 is 19.4 Å². The van der Waals surface area contributed by atoms with Gasteiger partial charge >= 0.3 is 5.97 Å². The second-order valence-electron chi connectivity index (χ2n) is 7.18. The standard InChI is InChI=1S/C16H30N2O4Si/c1-8-21-13-10-12(15(20)23(6,7)16(3,4)5)18(17-13)11-14(19)22-9-2/h10,15,20H,8-9,11H2,1-7H3. The third-order valence-corrected chi connectivity index (χ3v) is 10.1. The minimum atomic E-state index is -2.07. The van der Waals surface area contributed by atoms with E-state index in [2.05, 4.69) is 39.0 Å². The molecule has 0 fully saturated rings. The number of rotatable bonds is 7. The minimum absolute atomic E-state index is 0.00276. The maximum absolute atomic E-state index is 11.8. The van der Waals surface area contributed by atoms with E-state index in [1.54, 1.807) is 13.0 Å². The van der Waals surface area contributed by atoms with Gasteiger partial charge in [-0.2, -0.15) is 0 Å². The molecule has 0 spiro atoms. The van der Waals surface area contributed by atoms with Crippen LogP contribution in [0.2, 0.25) is 18.1 Å². The number of carbonyl (C=O) groups is 1. The average Bonchev–Trinajstić information content (AvgIpc) is 2.79. The molecule has 0 bridgehead atoms. The highest BCUT2D eigenvalue weighted by Gasteiger charge is 2.44. The first kappa shape index (κ1) is 19.7. The van der Waals surface area contributed by atoms with Crippen LogP contribution in [0.1, 0.15) is 46.0 Å². The van der Waals surface area contributed by atoms with Gasteiger partial charge in [-0.1, -0.05) is 33.9 Å². The number of esters is 1. The molecule has 1 N–H and O–H groups in total. The molecule has 0 saturated carbocycles. The number of ether oxygens (including phenoxy) is 2. The predicted molar refractivity (Wildman–Crippen MR) is 92.2 cm³/mol. The lowest BCUT2D eigenvalue weighted by molar-refractivity contribution is -0.144. The monoisotopic (exact) mass is 342 g/mol. The molecule has 132 valence electrons. The fraction of sp³-hybridized carbons (Fsp3) is 0.750. The van der Waals surface area contributed by atoms with Crippen LogP contribution in [0.25, 0.3) is 0 Å². The van der Waals surface area contributed by atoms with Gasteiger partial charge in [-0.15, -0.1) is 5.10 Å². The Balaban J connectivity index is 3.19. The first-order valence-corrected chi connectivity index (χ1v) is 11.2. The number of aliphatic hydroxyl groups is 1. The maximum Gasteiger partial charge on any atom is 0.327 e. The molecule has 0 aliphatic carbocycles. The van der Waals surface area contributed by atoms with Crippen molar-refractivity contribution in [1.29, 1.82) is 0 Å². The first-order valence-electron chi connectivity index (χ1n) is 8.08. The van der Waals surface area contributed by atoms with Crippen LogP contribution in [0, 0.1) is 0 Å². The summed E-state index contributed by atoms with van der Waals surface area (Å²) in [6.45, 7) is 15.1. The van der Waals surface area contributed by atoms with Crippen molar-refractivity contribution in [2.75, 3.05) is 13.2 Å². The van der Waals surface area contributed by atoms with Crippen molar-refractivity contribution in [1.82, 2.24) is 9.78 Å². The van der Waals surface area contributed by atoms with Crippen LogP contribution in [-0.4, -0.2) is 42.1 Å². The van der Waals surface area contributed by atoms with Crippen molar-refractivity contribution in [3.63, 3.8) is 0 Å². The van der Waals surface area contributed by atoms with Gasteiger partial charge in [0.25, 0.3) is 0 Å². The van der Waals surface area contributed by atoms with Gasteiger partial charge in [0.05, 0.1) is 32.7 Å². The summed E-state index contributed by atoms with van der Waals surface area (Å²) >= 11 is 0. The highest BCUT2D eigenvalue weighted by atomic mass is 28.3. The topological polar surface area (TPSA) is 73.6 Å². The van der Waals surface area contributed by atoms with Gasteiger partial charge in [-0.05, 0) is 18.9 Å². The summed E-state index contributed by atoms with van der Waals surface area (Å²) < 4.78 is 11.9. The Morgan fingerprint density at radius 2 is 1.96 bits per heavy atom. The predicted octanol–water partition coefficient (Wildman–Crippen LogP) is 2.93. The number of hydrogen-bond acceptors (Lipinski definition) is 5. The molecule has 6 nitrogen and oxygen atoms in total. The van der Waals surface area contributed by atoms with E-state index in [9.17, 15) is 9.90 Å². The summed E-state index contributed by atoms with van der Waals surface area (Å²) in [5, 5.41) is 15.3. The highest BCUT2D eigenvalue weighted by Crippen LogP contribution is 2.44. The van der Waals surface area contributed by atoms with Gasteiger partial charge in [0.1, 0.15) is 6.54 Å². The summed E-state index contributed by atoms with van der Waals surface area (Å²) in [4.78, 5) is 11.8. The Bertz CT molecular complexity index is 535. The molecule has 1 unspecified atom stereocenters. The van der Waals surface area contributed by atoms with Gasteiger partial charge in [-0.3, -0.25) is 9.48 Å². The van der Waals surface area contributed by atoms with Crippen molar-refractivity contribution in [2.24, 2.45) is 0 Å². The number of nitrogens with zero attached hydrogens (tertiary/aromatic N) is 2. The summed E-state index contributed by atoms with van der Waals surface area (Å²) in [6, 6.07) is 1.73. The summed E-state index contributed by atoms with van der Waals surface area (Å²) in [6.07, 6.45) is 0. The van der Waals surface area contributed by atoms with Crippen LogP contribution in [0.15, 0.2) is 6.07 Å². The van der Waals surface area contributed by atoms with E-state index >= 15 is 0 Å². The zero-order valence-corrected chi connectivity index (χ0v) is 16.3. The first-order chi connectivity index (χ1) is 10.5. The Kier molecular flexibility index (Phi) is 6.41. The van der Waals surface area contributed by atoms with Crippen molar-refractivity contribution in [2.45, 2.75) is 65.0 Å². The van der Waals surface area contributed by atoms with E-state index in [-0.39, 0.29) is 17.6 Å². The van der Waals surface area contributed by atoms with Gasteiger partial charge < -0.3 is 14.6 Å². The molecule has 0 aliphatic heterocycles. The third-order valence-electron chi connectivity index (χ3n) is 4.56. The number of carbonyl (C=O) groups excluding carboxylic acids is 1. The van der Waals surface area contributed by atoms with Gasteiger partial charge in [0.2, 0.25) is 5.88 Å². The lowest BCUT2D eigenvalue weighted by atomic mass is 10.2. The zero-order valence-electron chi connectivity index (χ0n) is 15.3. The van der Waals surface area contributed by atoms with E-state index in [0.29, 0.717) is 24.8 Å². The molecule has 1 aromatic rings. The quantitative estimate of drug-likeness (QED) is 0.609. The van der Waals surface area contributed by atoms with E-state index in [0.717, 1.165) is 0 Å². The summed E-state index contributed by atoms with van der Waals surface area (Å²) in [7, 11) is -2.07. The van der Waals surface area contributed by atoms with E-state index in [1.165, 1.54) is 4.68 Å². The number of aromatic nitrogens is 2. The van der Waals surface area contributed by atoms with E-state index < -0.39 is 13.8 Å². The second-order valence-corrected chi connectivity index (χ2v) is 12.7. The Labute approximate surface area is 139 Å². The van der Waals surface area contributed by atoms with Crippen LogP contribution in [-0.2, 0) is 16.1 Å². The molecule has 1 aromatic heterocycles. The average molecular weight is 343 g/mol. The molecule has 7 heteroatoms. The molecule has 0 aromatic carbocycles. The molecule has 23 heavy (non-hydrogen) atoms. The van der Waals surface area contributed by atoms with E-state index in [1.807, 2.05) is 6.92 Å². The van der Waals surface area contributed by atoms with Gasteiger partial charge in [0.15, 0.2) is 0 Å². The summed E-state index contributed by atoms with van der Waals surface area (Å²) in [5.74, 6) is 0.0480. The number of hydrogen-bond donors (Lipinski definition) is 1. The van der Waals surface area contributed by atoms with Crippen LogP contribution >= 0.6 is 0 Å². The van der Waals surface area contributed by atoms with Gasteiger partial charge in [0, 0.05) is 6.07 Å². The fourth-order valence-corrected chi connectivity index (χ4v) is 3.87. The smallest absolute Gasteiger partial charge is 0.327 e. The normalized spacial score (nSPS) is 13.7. The van der Waals surface area contributed by atoms with Crippen LogP contribution < -0.4 is 4.74 Å². The Morgan fingerprint density at radius 1 is 1.35 bits per heavy atom. The van der Waals surface area contributed by atoms with Crippen LogP contribution in [0.3, 0.4) is 0 Å². The minimum Gasteiger partial charge on any atom is -0.477 e. The number of aliphatic hydroxyl groups excluding tert-OH is 1. The Morgan fingerprint density at radius 3 is 2.43 bits per heavy atom. The second kappa shape index (κ2) is 7.48. The molecule has 0 amide bonds. The van der Waals surface area contributed by atoms with Crippen molar-refractivity contribution in [3.05, 3.63) is 11.8 Å². The molecule has 0 saturated heterocycles. The van der Waals surface area contributed by atoms with Crippen molar-refractivity contribution in [3.8, 4) is 5.88 Å². The fourth-order valence-electron chi connectivity index (χ4n) is 2.08. The van der Waals surface area contributed by atoms with E-state index in [4.69, 9.17) is 9.47 Å². The molecule has 1 atom stereocenters. The SMILES string of the molecule is CCOC(=O)Cn1nc(OCC)cc1C(O)[Si](C)(C)C(C)(C)C. The lowest BCUT2D eigenvalue weighted by Gasteiger charge is -2.40. The third kappa shape index (κ3) is 4.57. The van der Waals surface area contributed by atoms with Gasteiger partial charge in [-0.25, -0.2) is 0 Å². The van der Waals surface area contributed by atoms with Crippen LogP contribution in [0.5, 0.6) is 5.88 Å². The maximum atomic E-state index is 11.8. The molecule has 0 radical (unpaired) electrons. The molecular formula is C16H30N2O4Si. The molecule has 0 aliphatic rings. The molecule has 1 rings (SSSR count).